The number of ether oxygens (including phenoxy) is 1. The van der Waals surface area contributed by atoms with Crippen LogP contribution in [0.15, 0.2) is 24.3 Å². The van der Waals surface area contributed by atoms with E-state index in [-0.39, 0.29) is 11.8 Å². The fourth-order valence-electron chi connectivity index (χ4n) is 4.50. The maximum atomic E-state index is 12.5. The van der Waals surface area contributed by atoms with Gasteiger partial charge in [-0.05, 0) is 43.4 Å². The van der Waals surface area contributed by atoms with Crippen LogP contribution in [0.5, 0.6) is 5.75 Å². The number of piperidine rings is 1. The van der Waals surface area contributed by atoms with Crippen molar-refractivity contribution in [3.05, 3.63) is 29.8 Å². The van der Waals surface area contributed by atoms with Gasteiger partial charge in [0, 0.05) is 38.8 Å². The third kappa shape index (κ3) is 4.15. The SMILES string of the molecule is O=C1N2CCCC2CN1C1CCN(Cc2ccc(OC(F)(F)F)cc2)CC1. The molecule has 3 heterocycles. The molecule has 2 amide bonds. The second kappa shape index (κ2) is 7.22. The van der Waals surface area contributed by atoms with E-state index in [9.17, 15) is 18.0 Å². The van der Waals surface area contributed by atoms with E-state index in [4.69, 9.17) is 0 Å². The first-order valence-electron chi connectivity index (χ1n) is 9.53. The van der Waals surface area contributed by atoms with Crippen LogP contribution >= 0.6 is 0 Å². The fraction of sp³-hybridized carbons (Fsp3) is 0.632. The Hall–Kier alpha value is -1.96. The number of carbonyl (C=O) groups excluding carboxylic acids is 1. The summed E-state index contributed by atoms with van der Waals surface area (Å²) in [6.45, 7) is 4.23. The molecule has 1 atom stereocenters. The lowest BCUT2D eigenvalue weighted by molar-refractivity contribution is -0.274. The molecule has 0 aliphatic carbocycles. The molecule has 0 bridgehead atoms. The molecule has 0 saturated carbocycles. The van der Waals surface area contributed by atoms with Crippen molar-refractivity contribution in [2.24, 2.45) is 0 Å². The van der Waals surface area contributed by atoms with E-state index < -0.39 is 6.36 Å². The summed E-state index contributed by atoms with van der Waals surface area (Å²) in [7, 11) is 0. The molecule has 1 aromatic carbocycles. The van der Waals surface area contributed by atoms with Crippen LogP contribution in [-0.4, -0.2) is 65.4 Å². The summed E-state index contributed by atoms with van der Waals surface area (Å²) >= 11 is 0. The number of rotatable bonds is 4. The topological polar surface area (TPSA) is 36.0 Å². The molecule has 3 aliphatic rings. The van der Waals surface area contributed by atoms with Crippen LogP contribution in [0.25, 0.3) is 0 Å². The molecule has 1 aromatic rings. The number of hydrogen-bond acceptors (Lipinski definition) is 3. The van der Waals surface area contributed by atoms with E-state index in [0.29, 0.717) is 18.6 Å². The molecule has 0 radical (unpaired) electrons. The number of alkyl halides is 3. The normalized spacial score (nSPS) is 24.6. The second-order valence-electron chi connectivity index (χ2n) is 7.62. The summed E-state index contributed by atoms with van der Waals surface area (Å²) in [4.78, 5) is 18.9. The van der Waals surface area contributed by atoms with E-state index in [1.165, 1.54) is 12.1 Å². The standard InChI is InChI=1S/C19H24F3N3O2/c20-19(21,22)27-17-5-3-14(4-6-17)12-23-10-7-15(8-11-23)25-13-16-2-1-9-24(16)18(25)26/h3-6,15-16H,1-2,7-13H2. The average Bonchev–Trinajstić information content (AvgIpc) is 3.19. The Bertz CT molecular complexity index is 672. The molecule has 148 valence electrons. The van der Waals surface area contributed by atoms with Crippen molar-refractivity contribution < 1.29 is 22.7 Å². The van der Waals surface area contributed by atoms with Gasteiger partial charge in [-0.3, -0.25) is 4.90 Å². The lowest BCUT2D eigenvalue weighted by Gasteiger charge is -2.36. The van der Waals surface area contributed by atoms with E-state index in [1.807, 2.05) is 4.90 Å². The zero-order valence-corrected chi connectivity index (χ0v) is 15.1. The predicted octanol–water partition coefficient (Wildman–Crippen LogP) is 3.45. The minimum absolute atomic E-state index is 0.196. The van der Waals surface area contributed by atoms with Gasteiger partial charge in [0.05, 0.1) is 6.04 Å². The van der Waals surface area contributed by atoms with Crippen LogP contribution in [0.2, 0.25) is 0 Å². The first-order chi connectivity index (χ1) is 12.9. The van der Waals surface area contributed by atoms with Crippen LogP contribution in [0.4, 0.5) is 18.0 Å². The molecule has 1 unspecified atom stereocenters. The Morgan fingerprint density at radius 3 is 2.30 bits per heavy atom. The third-order valence-electron chi connectivity index (χ3n) is 5.84. The molecule has 0 spiro atoms. The quantitative estimate of drug-likeness (QED) is 0.799. The summed E-state index contributed by atoms with van der Waals surface area (Å²) < 4.78 is 40.6. The van der Waals surface area contributed by atoms with Gasteiger partial charge < -0.3 is 14.5 Å². The van der Waals surface area contributed by atoms with Gasteiger partial charge in [-0.1, -0.05) is 12.1 Å². The number of nitrogens with zero attached hydrogens (tertiary/aromatic N) is 3. The third-order valence-corrected chi connectivity index (χ3v) is 5.84. The smallest absolute Gasteiger partial charge is 0.406 e. The van der Waals surface area contributed by atoms with Crippen molar-refractivity contribution >= 4 is 6.03 Å². The molecular weight excluding hydrogens is 359 g/mol. The molecule has 5 nitrogen and oxygen atoms in total. The molecular formula is C19H24F3N3O2. The Labute approximate surface area is 156 Å². The predicted molar refractivity (Wildman–Crippen MR) is 93.3 cm³/mol. The summed E-state index contributed by atoms with van der Waals surface area (Å²) in [6.07, 6.45) is -0.529. The van der Waals surface area contributed by atoms with Gasteiger partial charge in [0.25, 0.3) is 0 Å². The Balaban J connectivity index is 1.27. The van der Waals surface area contributed by atoms with Crippen molar-refractivity contribution in [1.82, 2.24) is 14.7 Å². The molecule has 8 heteroatoms. The number of benzene rings is 1. The Morgan fingerprint density at radius 1 is 0.963 bits per heavy atom. The number of fused-ring (bicyclic) bond motifs is 1. The zero-order chi connectivity index (χ0) is 19.0. The fourth-order valence-corrected chi connectivity index (χ4v) is 4.50. The van der Waals surface area contributed by atoms with Gasteiger partial charge in [-0.25, -0.2) is 4.79 Å². The first kappa shape index (κ1) is 18.4. The minimum Gasteiger partial charge on any atom is -0.406 e. The zero-order valence-electron chi connectivity index (χ0n) is 15.1. The summed E-state index contributed by atoms with van der Waals surface area (Å²) in [6, 6.07) is 6.97. The highest BCUT2D eigenvalue weighted by Crippen LogP contribution is 2.30. The van der Waals surface area contributed by atoms with Crippen molar-refractivity contribution in [1.29, 1.82) is 0 Å². The van der Waals surface area contributed by atoms with Gasteiger partial charge >= 0.3 is 12.4 Å². The van der Waals surface area contributed by atoms with Crippen LogP contribution in [0.3, 0.4) is 0 Å². The van der Waals surface area contributed by atoms with Crippen LogP contribution in [0.1, 0.15) is 31.2 Å². The number of amides is 2. The maximum absolute atomic E-state index is 12.5. The van der Waals surface area contributed by atoms with Crippen LogP contribution < -0.4 is 4.74 Å². The van der Waals surface area contributed by atoms with E-state index in [2.05, 4.69) is 14.5 Å². The highest BCUT2D eigenvalue weighted by molar-refractivity contribution is 5.78. The van der Waals surface area contributed by atoms with Gasteiger partial charge in [-0.15, -0.1) is 13.2 Å². The van der Waals surface area contributed by atoms with Crippen LogP contribution in [-0.2, 0) is 6.54 Å². The first-order valence-corrected chi connectivity index (χ1v) is 9.53. The molecule has 4 rings (SSSR count). The minimum atomic E-state index is -4.66. The van der Waals surface area contributed by atoms with Crippen LogP contribution in [0, 0.1) is 0 Å². The number of likely N-dealkylation sites (tertiary alicyclic amines) is 1. The second-order valence-corrected chi connectivity index (χ2v) is 7.62. The molecule has 0 aromatic heterocycles. The van der Waals surface area contributed by atoms with Gasteiger partial charge in [0.1, 0.15) is 5.75 Å². The Kier molecular flexibility index (Phi) is 4.92. The lowest BCUT2D eigenvalue weighted by Crippen LogP contribution is -2.46. The highest BCUT2D eigenvalue weighted by Gasteiger charge is 2.43. The maximum Gasteiger partial charge on any atom is 0.573 e. The largest absolute Gasteiger partial charge is 0.573 e. The van der Waals surface area contributed by atoms with E-state index in [0.717, 1.165) is 57.4 Å². The number of halogens is 3. The van der Waals surface area contributed by atoms with Gasteiger partial charge in [0.2, 0.25) is 0 Å². The van der Waals surface area contributed by atoms with Crippen molar-refractivity contribution in [3.63, 3.8) is 0 Å². The Morgan fingerprint density at radius 2 is 1.67 bits per heavy atom. The summed E-state index contributed by atoms with van der Waals surface area (Å²) in [5, 5.41) is 0. The average molecular weight is 383 g/mol. The van der Waals surface area contributed by atoms with Crippen molar-refractivity contribution in [2.75, 3.05) is 26.2 Å². The number of urea groups is 1. The van der Waals surface area contributed by atoms with Gasteiger partial charge in [0.15, 0.2) is 0 Å². The molecule has 0 N–H and O–H groups in total. The summed E-state index contributed by atoms with van der Waals surface area (Å²) in [5.74, 6) is -0.196. The molecule has 27 heavy (non-hydrogen) atoms. The molecule has 3 saturated heterocycles. The van der Waals surface area contributed by atoms with E-state index in [1.54, 1.807) is 12.1 Å². The number of carbonyl (C=O) groups is 1. The van der Waals surface area contributed by atoms with Crippen molar-refractivity contribution in [2.45, 2.75) is 50.7 Å². The monoisotopic (exact) mass is 383 g/mol. The van der Waals surface area contributed by atoms with Gasteiger partial charge in [-0.2, -0.15) is 0 Å². The van der Waals surface area contributed by atoms with Crippen molar-refractivity contribution in [3.8, 4) is 5.75 Å². The highest BCUT2D eigenvalue weighted by atomic mass is 19.4. The molecule has 3 aliphatic heterocycles. The lowest BCUT2D eigenvalue weighted by atomic mass is 10.0. The van der Waals surface area contributed by atoms with E-state index >= 15 is 0 Å². The molecule has 3 fully saturated rings. The number of hydrogen-bond donors (Lipinski definition) is 0. The summed E-state index contributed by atoms with van der Waals surface area (Å²) in [5.41, 5.74) is 0.959.